The molecule has 1 aliphatic heterocycles. The van der Waals surface area contributed by atoms with Gasteiger partial charge in [-0.15, -0.1) is 0 Å². The Labute approximate surface area is 102 Å². The number of aromatic nitrogens is 1. The van der Waals surface area contributed by atoms with Crippen LogP contribution in [0, 0.1) is 18.3 Å². The molecule has 0 atom stereocenters. The second-order valence-electron chi connectivity index (χ2n) is 4.69. The number of hydrogen-bond acceptors (Lipinski definition) is 4. The third kappa shape index (κ3) is 2.75. The van der Waals surface area contributed by atoms with E-state index in [4.69, 9.17) is 5.26 Å². The molecule has 1 saturated heterocycles. The molecule has 0 saturated carbocycles. The summed E-state index contributed by atoms with van der Waals surface area (Å²) in [4.78, 5) is 6.60. The van der Waals surface area contributed by atoms with E-state index in [2.05, 4.69) is 28.3 Å². The lowest BCUT2D eigenvalue weighted by atomic mass is 10.0. The monoisotopic (exact) mass is 230 g/mol. The SMILES string of the molecule is Cc1ccnc(NC2CCN(C)CC2)c1C#N. The Morgan fingerprint density at radius 2 is 2.18 bits per heavy atom. The number of nitrogens with zero attached hydrogens (tertiary/aromatic N) is 3. The van der Waals surface area contributed by atoms with Gasteiger partial charge in [-0.3, -0.25) is 0 Å². The average Bonchev–Trinajstić information content (AvgIpc) is 2.32. The van der Waals surface area contributed by atoms with Crippen molar-refractivity contribution in [3.05, 3.63) is 23.4 Å². The van der Waals surface area contributed by atoms with Gasteiger partial charge in [0.1, 0.15) is 11.9 Å². The summed E-state index contributed by atoms with van der Waals surface area (Å²) in [6, 6.07) is 4.54. The standard InChI is InChI=1S/C13H18N4/c1-10-3-6-15-13(12(10)9-14)16-11-4-7-17(2)8-5-11/h3,6,11H,4-5,7-8H2,1-2H3,(H,15,16). The summed E-state index contributed by atoms with van der Waals surface area (Å²) < 4.78 is 0. The van der Waals surface area contributed by atoms with Crippen molar-refractivity contribution in [2.24, 2.45) is 0 Å². The number of aryl methyl sites for hydroxylation is 1. The van der Waals surface area contributed by atoms with Gasteiger partial charge in [0.05, 0.1) is 5.56 Å². The summed E-state index contributed by atoms with van der Waals surface area (Å²) in [5.74, 6) is 0.738. The Balaban J connectivity index is 2.09. The number of piperidine rings is 1. The molecule has 0 aliphatic carbocycles. The molecule has 1 N–H and O–H groups in total. The van der Waals surface area contributed by atoms with E-state index in [1.165, 1.54) is 0 Å². The molecule has 0 spiro atoms. The van der Waals surface area contributed by atoms with Gasteiger partial charge in [-0.25, -0.2) is 4.98 Å². The first-order chi connectivity index (χ1) is 8.20. The summed E-state index contributed by atoms with van der Waals surface area (Å²) in [7, 11) is 2.14. The molecule has 17 heavy (non-hydrogen) atoms. The molecule has 1 fully saturated rings. The van der Waals surface area contributed by atoms with Gasteiger partial charge >= 0.3 is 0 Å². The van der Waals surface area contributed by atoms with Crippen LogP contribution >= 0.6 is 0 Å². The zero-order valence-corrected chi connectivity index (χ0v) is 10.4. The smallest absolute Gasteiger partial charge is 0.144 e. The second kappa shape index (κ2) is 5.15. The Kier molecular flexibility index (Phi) is 3.60. The van der Waals surface area contributed by atoms with E-state index < -0.39 is 0 Å². The maximum absolute atomic E-state index is 9.13. The van der Waals surface area contributed by atoms with Crippen molar-refractivity contribution in [1.29, 1.82) is 5.26 Å². The lowest BCUT2D eigenvalue weighted by molar-refractivity contribution is 0.263. The van der Waals surface area contributed by atoms with Gasteiger partial charge in [0.15, 0.2) is 0 Å². The van der Waals surface area contributed by atoms with Crippen molar-refractivity contribution in [3.8, 4) is 6.07 Å². The summed E-state index contributed by atoms with van der Waals surface area (Å²) in [5.41, 5.74) is 1.66. The van der Waals surface area contributed by atoms with Gasteiger partial charge in [0.2, 0.25) is 0 Å². The van der Waals surface area contributed by atoms with E-state index in [9.17, 15) is 0 Å². The summed E-state index contributed by atoms with van der Waals surface area (Å²) in [5, 5.41) is 12.5. The Morgan fingerprint density at radius 3 is 2.82 bits per heavy atom. The van der Waals surface area contributed by atoms with Crippen LogP contribution < -0.4 is 5.32 Å². The van der Waals surface area contributed by atoms with Crippen molar-refractivity contribution in [2.45, 2.75) is 25.8 Å². The molecule has 0 aromatic carbocycles. The Bertz CT molecular complexity index is 428. The molecular formula is C13H18N4. The minimum Gasteiger partial charge on any atom is -0.366 e. The summed E-state index contributed by atoms with van der Waals surface area (Å²) in [6.07, 6.45) is 3.97. The van der Waals surface area contributed by atoms with Gasteiger partial charge < -0.3 is 10.2 Å². The number of nitriles is 1. The van der Waals surface area contributed by atoms with Crippen LogP contribution in [0.5, 0.6) is 0 Å². The van der Waals surface area contributed by atoms with Crippen LogP contribution in [0.3, 0.4) is 0 Å². The molecule has 90 valence electrons. The second-order valence-corrected chi connectivity index (χ2v) is 4.69. The van der Waals surface area contributed by atoms with E-state index in [1.54, 1.807) is 6.20 Å². The summed E-state index contributed by atoms with van der Waals surface area (Å²) >= 11 is 0. The average molecular weight is 230 g/mol. The van der Waals surface area contributed by atoms with Crippen molar-refractivity contribution in [3.63, 3.8) is 0 Å². The van der Waals surface area contributed by atoms with Crippen LogP contribution in [0.25, 0.3) is 0 Å². The number of rotatable bonds is 2. The fourth-order valence-electron chi connectivity index (χ4n) is 2.16. The number of likely N-dealkylation sites (tertiary alicyclic amines) is 1. The zero-order valence-electron chi connectivity index (χ0n) is 10.4. The molecule has 0 unspecified atom stereocenters. The number of anilines is 1. The lowest BCUT2D eigenvalue weighted by Crippen LogP contribution is -2.37. The molecule has 0 radical (unpaired) electrons. The lowest BCUT2D eigenvalue weighted by Gasteiger charge is -2.30. The molecule has 2 rings (SSSR count). The third-order valence-electron chi connectivity index (χ3n) is 3.33. The zero-order chi connectivity index (χ0) is 12.3. The third-order valence-corrected chi connectivity index (χ3v) is 3.33. The largest absolute Gasteiger partial charge is 0.366 e. The fraction of sp³-hybridized carbons (Fsp3) is 0.538. The van der Waals surface area contributed by atoms with Crippen LogP contribution in [-0.2, 0) is 0 Å². The molecule has 1 aliphatic rings. The minimum atomic E-state index is 0.438. The van der Waals surface area contributed by atoms with Crippen molar-refractivity contribution < 1.29 is 0 Å². The maximum Gasteiger partial charge on any atom is 0.144 e. The number of pyridine rings is 1. The molecule has 2 heterocycles. The normalized spacial score (nSPS) is 17.7. The fourth-order valence-corrected chi connectivity index (χ4v) is 2.16. The van der Waals surface area contributed by atoms with E-state index >= 15 is 0 Å². The molecule has 0 bridgehead atoms. The van der Waals surface area contributed by atoms with Gasteiger partial charge in [0, 0.05) is 12.2 Å². The van der Waals surface area contributed by atoms with Crippen molar-refractivity contribution in [1.82, 2.24) is 9.88 Å². The van der Waals surface area contributed by atoms with Crippen LogP contribution in [0.2, 0.25) is 0 Å². The minimum absolute atomic E-state index is 0.438. The van der Waals surface area contributed by atoms with Crippen LogP contribution in [0.4, 0.5) is 5.82 Å². The molecule has 0 amide bonds. The topological polar surface area (TPSA) is 52.0 Å². The first kappa shape index (κ1) is 11.9. The van der Waals surface area contributed by atoms with E-state index in [0.29, 0.717) is 11.6 Å². The maximum atomic E-state index is 9.13. The quantitative estimate of drug-likeness (QED) is 0.841. The first-order valence-electron chi connectivity index (χ1n) is 6.01. The highest BCUT2D eigenvalue weighted by molar-refractivity contribution is 5.55. The van der Waals surface area contributed by atoms with Crippen LogP contribution in [0.15, 0.2) is 12.3 Å². The van der Waals surface area contributed by atoms with Gasteiger partial charge in [-0.1, -0.05) is 0 Å². The summed E-state index contributed by atoms with van der Waals surface area (Å²) in [6.45, 7) is 4.15. The number of nitrogens with one attached hydrogen (secondary N) is 1. The highest BCUT2D eigenvalue weighted by atomic mass is 15.1. The molecule has 1 aromatic rings. The Hall–Kier alpha value is -1.60. The van der Waals surface area contributed by atoms with Crippen LogP contribution in [-0.4, -0.2) is 36.1 Å². The van der Waals surface area contributed by atoms with Crippen molar-refractivity contribution >= 4 is 5.82 Å². The van der Waals surface area contributed by atoms with E-state index in [0.717, 1.165) is 37.3 Å². The molecule has 4 nitrogen and oxygen atoms in total. The van der Waals surface area contributed by atoms with Crippen LogP contribution in [0.1, 0.15) is 24.0 Å². The molecule has 4 heteroatoms. The van der Waals surface area contributed by atoms with E-state index in [1.807, 2.05) is 13.0 Å². The number of hydrogen-bond donors (Lipinski definition) is 1. The van der Waals surface area contributed by atoms with Gasteiger partial charge in [-0.05, 0) is 51.5 Å². The predicted molar refractivity (Wildman–Crippen MR) is 67.8 cm³/mol. The highest BCUT2D eigenvalue weighted by Crippen LogP contribution is 2.19. The van der Waals surface area contributed by atoms with E-state index in [-0.39, 0.29) is 0 Å². The highest BCUT2D eigenvalue weighted by Gasteiger charge is 2.18. The van der Waals surface area contributed by atoms with Crippen molar-refractivity contribution in [2.75, 3.05) is 25.5 Å². The van der Waals surface area contributed by atoms with Gasteiger partial charge in [-0.2, -0.15) is 5.26 Å². The predicted octanol–water partition coefficient (Wildman–Crippen LogP) is 1.77. The van der Waals surface area contributed by atoms with Gasteiger partial charge in [0.25, 0.3) is 0 Å². The Morgan fingerprint density at radius 1 is 1.47 bits per heavy atom. The molecule has 1 aromatic heterocycles. The molecular weight excluding hydrogens is 212 g/mol. The first-order valence-corrected chi connectivity index (χ1v) is 6.01.